The quantitative estimate of drug-likeness (QED) is 0.842. The normalized spacial score (nSPS) is 21.1. The Bertz CT molecular complexity index is 461. The zero-order valence-electron chi connectivity index (χ0n) is 11.0. The molecule has 0 aromatic carbocycles. The standard InChI is InChI=1S/C13H16ClF3N2S/c1-8(18-6-9-4-5-20-7-9)10-2-3-11(13(15,16)17)19-12(10)14/h2-3,8-9,18H,4-7H2,1H3. The summed E-state index contributed by atoms with van der Waals surface area (Å²) in [6.45, 7) is 2.74. The van der Waals surface area contributed by atoms with E-state index in [4.69, 9.17) is 11.6 Å². The van der Waals surface area contributed by atoms with Gasteiger partial charge in [-0.05, 0) is 43.4 Å². The number of alkyl halides is 3. The fourth-order valence-corrected chi connectivity index (χ4v) is 3.73. The second-order valence-electron chi connectivity index (χ2n) is 4.93. The van der Waals surface area contributed by atoms with Crippen LogP contribution in [-0.2, 0) is 6.18 Å². The molecule has 0 aliphatic carbocycles. The van der Waals surface area contributed by atoms with Crippen molar-refractivity contribution in [2.45, 2.75) is 25.6 Å². The van der Waals surface area contributed by atoms with Gasteiger partial charge in [0.1, 0.15) is 10.8 Å². The van der Waals surface area contributed by atoms with Crippen molar-refractivity contribution in [2.75, 3.05) is 18.1 Å². The van der Waals surface area contributed by atoms with Gasteiger partial charge in [0.2, 0.25) is 0 Å². The van der Waals surface area contributed by atoms with Crippen molar-refractivity contribution in [2.24, 2.45) is 5.92 Å². The van der Waals surface area contributed by atoms with E-state index in [1.165, 1.54) is 18.2 Å². The molecule has 1 fully saturated rings. The predicted octanol–water partition coefficient (Wildman–Crippen LogP) is 4.16. The van der Waals surface area contributed by atoms with Gasteiger partial charge in [-0.3, -0.25) is 0 Å². The van der Waals surface area contributed by atoms with Gasteiger partial charge in [-0.2, -0.15) is 24.9 Å². The molecule has 1 aromatic rings. The monoisotopic (exact) mass is 324 g/mol. The minimum Gasteiger partial charge on any atom is -0.310 e. The van der Waals surface area contributed by atoms with Crippen LogP contribution in [-0.4, -0.2) is 23.0 Å². The Balaban J connectivity index is 2.00. The first-order valence-corrected chi connectivity index (χ1v) is 7.96. The lowest BCUT2D eigenvalue weighted by atomic mass is 10.1. The highest BCUT2D eigenvalue weighted by atomic mass is 35.5. The van der Waals surface area contributed by atoms with Crippen LogP contribution in [0.15, 0.2) is 12.1 Å². The van der Waals surface area contributed by atoms with Crippen molar-refractivity contribution < 1.29 is 13.2 Å². The average molecular weight is 325 g/mol. The van der Waals surface area contributed by atoms with Crippen molar-refractivity contribution in [3.05, 3.63) is 28.5 Å². The highest BCUT2D eigenvalue weighted by Gasteiger charge is 2.33. The lowest BCUT2D eigenvalue weighted by molar-refractivity contribution is -0.141. The van der Waals surface area contributed by atoms with Gasteiger partial charge in [0.25, 0.3) is 0 Å². The number of aromatic nitrogens is 1. The second-order valence-corrected chi connectivity index (χ2v) is 6.44. The number of hydrogen-bond donors (Lipinski definition) is 1. The maximum absolute atomic E-state index is 12.5. The molecule has 112 valence electrons. The third-order valence-electron chi connectivity index (χ3n) is 3.37. The Hall–Kier alpha value is -0.460. The highest BCUT2D eigenvalue weighted by molar-refractivity contribution is 7.99. The fraction of sp³-hybridized carbons (Fsp3) is 0.615. The molecule has 0 saturated carbocycles. The predicted molar refractivity (Wildman–Crippen MR) is 76.1 cm³/mol. The summed E-state index contributed by atoms with van der Waals surface area (Å²) in [7, 11) is 0. The van der Waals surface area contributed by atoms with Crippen LogP contribution < -0.4 is 5.32 Å². The third-order valence-corrected chi connectivity index (χ3v) is 4.91. The van der Waals surface area contributed by atoms with Gasteiger partial charge in [-0.25, -0.2) is 4.98 Å². The van der Waals surface area contributed by atoms with E-state index in [9.17, 15) is 13.2 Å². The van der Waals surface area contributed by atoms with Crippen molar-refractivity contribution in [3.8, 4) is 0 Å². The summed E-state index contributed by atoms with van der Waals surface area (Å²) in [6, 6.07) is 2.27. The molecule has 1 aliphatic heterocycles. The molecule has 2 nitrogen and oxygen atoms in total. The fourth-order valence-electron chi connectivity index (χ4n) is 2.12. The zero-order valence-corrected chi connectivity index (χ0v) is 12.6. The molecule has 0 radical (unpaired) electrons. The van der Waals surface area contributed by atoms with E-state index in [-0.39, 0.29) is 11.2 Å². The minimum absolute atomic E-state index is 0.0828. The summed E-state index contributed by atoms with van der Waals surface area (Å²) in [5.74, 6) is 2.95. The van der Waals surface area contributed by atoms with Gasteiger partial charge in [0.15, 0.2) is 0 Å². The number of nitrogens with zero attached hydrogens (tertiary/aromatic N) is 1. The topological polar surface area (TPSA) is 24.9 Å². The molecular formula is C13H16ClF3N2S. The number of hydrogen-bond acceptors (Lipinski definition) is 3. The minimum atomic E-state index is -4.46. The number of halogens is 4. The van der Waals surface area contributed by atoms with Crippen LogP contribution in [0.1, 0.15) is 30.6 Å². The molecule has 0 spiro atoms. The molecule has 2 heterocycles. The first kappa shape index (κ1) is 15.9. The maximum atomic E-state index is 12.5. The van der Waals surface area contributed by atoms with Gasteiger partial charge < -0.3 is 5.32 Å². The number of rotatable bonds is 4. The van der Waals surface area contributed by atoms with Crippen LogP contribution in [0.25, 0.3) is 0 Å². The van der Waals surface area contributed by atoms with Gasteiger partial charge in [-0.15, -0.1) is 0 Å². The highest BCUT2D eigenvalue weighted by Crippen LogP contribution is 2.31. The van der Waals surface area contributed by atoms with Crippen LogP contribution in [0.5, 0.6) is 0 Å². The van der Waals surface area contributed by atoms with Crippen LogP contribution in [0.4, 0.5) is 13.2 Å². The molecule has 1 N–H and O–H groups in total. The molecule has 20 heavy (non-hydrogen) atoms. The maximum Gasteiger partial charge on any atom is 0.433 e. The van der Waals surface area contributed by atoms with Gasteiger partial charge >= 0.3 is 6.18 Å². The van der Waals surface area contributed by atoms with E-state index in [0.29, 0.717) is 11.5 Å². The summed E-state index contributed by atoms with van der Waals surface area (Å²) < 4.78 is 37.5. The molecule has 1 aliphatic rings. The van der Waals surface area contributed by atoms with Crippen molar-refractivity contribution in [3.63, 3.8) is 0 Å². The lowest BCUT2D eigenvalue weighted by Crippen LogP contribution is -2.26. The van der Waals surface area contributed by atoms with Gasteiger partial charge in [-0.1, -0.05) is 17.7 Å². The first-order valence-electron chi connectivity index (χ1n) is 6.42. The number of pyridine rings is 1. The third kappa shape index (κ3) is 4.02. The summed E-state index contributed by atoms with van der Waals surface area (Å²) >= 11 is 7.80. The molecule has 2 unspecified atom stereocenters. The SMILES string of the molecule is CC(NCC1CCSC1)c1ccc(C(F)(F)F)nc1Cl. The first-order chi connectivity index (χ1) is 9.38. The average Bonchev–Trinajstić information content (AvgIpc) is 2.87. The second kappa shape index (κ2) is 6.54. The largest absolute Gasteiger partial charge is 0.433 e. The van der Waals surface area contributed by atoms with E-state index in [1.54, 1.807) is 0 Å². The Morgan fingerprint density at radius 1 is 1.50 bits per heavy atom. The van der Waals surface area contributed by atoms with Gasteiger partial charge in [0, 0.05) is 11.6 Å². The summed E-state index contributed by atoms with van der Waals surface area (Å²) in [5, 5.41) is 3.24. The van der Waals surface area contributed by atoms with E-state index in [2.05, 4.69) is 10.3 Å². The molecular weight excluding hydrogens is 309 g/mol. The number of thioether (sulfide) groups is 1. The summed E-state index contributed by atoms with van der Waals surface area (Å²) in [6.07, 6.45) is -3.27. The van der Waals surface area contributed by atoms with E-state index < -0.39 is 11.9 Å². The molecule has 7 heteroatoms. The molecule has 2 atom stereocenters. The van der Waals surface area contributed by atoms with E-state index >= 15 is 0 Å². The Kier molecular flexibility index (Phi) is 5.20. The summed E-state index contributed by atoms with van der Waals surface area (Å²) in [4.78, 5) is 3.44. The summed E-state index contributed by atoms with van der Waals surface area (Å²) in [5.41, 5.74) is -0.351. The lowest BCUT2D eigenvalue weighted by Gasteiger charge is -2.18. The van der Waals surface area contributed by atoms with Crippen molar-refractivity contribution in [1.29, 1.82) is 0 Å². The Labute approximate surface area is 125 Å². The molecule has 1 saturated heterocycles. The van der Waals surface area contributed by atoms with Crippen molar-refractivity contribution in [1.82, 2.24) is 10.3 Å². The smallest absolute Gasteiger partial charge is 0.310 e. The molecule has 2 rings (SSSR count). The Morgan fingerprint density at radius 3 is 2.80 bits per heavy atom. The Morgan fingerprint density at radius 2 is 2.25 bits per heavy atom. The molecule has 0 amide bonds. The van der Waals surface area contributed by atoms with Gasteiger partial charge in [0.05, 0.1) is 0 Å². The van der Waals surface area contributed by atoms with Crippen LogP contribution >= 0.6 is 23.4 Å². The van der Waals surface area contributed by atoms with E-state index in [0.717, 1.165) is 18.4 Å². The zero-order chi connectivity index (χ0) is 14.8. The van der Waals surface area contributed by atoms with Crippen molar-refractivity contribution >= 4 is 23.4 Å². The number of nitrogens with one attached hydrogen (secondary N) is 1. The molecule has 1 aromatic heterocycles. The molecule has 0 bridgehead atoms. The van der Waals surface area contributed by atoms with Crippen LogP contribution in [0.3, 0.4) is 0 Å². The van der Waals surface area contributed by atoms with E-state index in [1.807, 2.05) is 18.7 Å². The van der Waals surface area contributed by atoms with Crippen LogP contribution in [0, 0.1) is 5.92 Å². The van der Waals surface area contributed by atoms with Crippen LogP contribution in [0.2, 0.25) is 5.15 Å².